The van der Waals surface area contributed by atoms with E-state index in [1.54, 1.807) is 23.5 Å². The van der Waals surface area contributed by atoms with Crippen LogP contribution >= 0.6 is 11.3 Å². The summed E-state index contributed by atoms with van der Waals surface area (Å²) in [5.41, 5.74) is 3.69. The van der Waals surface area contributed by atoms with E-state index in [0.29, 0.717) is 17.6 Å². The number of halogens is 3. The molecule has 3 aromatic rings. The third-order valence-corrected chi connectivity index (χ3v) is 5.50. The summed E-state index contributed by atoms with van der Waals surface area (Å²) < 4.78 is 38.4. The standard InChI is InChI=1S/C21H18F3N3OS/c22-21(23,24)15-3-1-2-14(8-15)20(28)27-16-6-4-13(5-7-16)18-9-19(18)25-10-17-11-29-12-26-17/h1-8,11-12,18-19,25H,9-10H2,(H,27,28)/t18-,19+/m0/s1. The highest BCUT2D eigenvalue weighted by atomic mass is 32.1. The molecule has 1 heterocycles. The van der Waals surface area contributed by atoms with Crippen LogP contribution in [0.4, 0.5) is 18.9 Å². The van der Waals surface area contributed by atoms with Crippen LogP contribution in [-0.2, 0) is 12.7 Å². The summed E-state index contributed by atoms with van der Waals surface area (Å²) in [6.07, 6.45) is -3.44. The van der Waals surface area contributed by atoms with E-state index in [1.807, 2.05) is 23.0 Å². The molecule has 2 N–H and O–H groups in total. The van der Waals surface area contributed by atoms with Crippen LogP contribution in [0, 0.1) is 0 Å². The SMILES string of the molecule is O=C(Nc1ccc([C@@H]2C[C@H]2NCc2cscn2)cc1)c1cccc(C(F)(F)F)c1. The number of amides is 1. The number of aromatic nitrogens is 1. The Morgan fingerprint density at radius 2 is 1.97 bits per heavy atom. The Morgan fingerprint density at radius 3 is 2.66 bits per heavy atom. The van der Waals surface area contributed by atoms with Crippen molar-refractivity contribution in [3.8, 4) is 0 Å². The van der Waals surface area contributed by atoms with Crippen molar-refractivity contribution in [2.24, 2.45) is 0 Å². The Labute approximate surface area is 169 Å². The van der Waals surface area contributed by atoms with Gasteiger partial charge in [0.2, 0.25) is 0 Å². The molecule has 4 rings (SSSR count). The minimum atomic E-state index is -4.48. The number of alkyl halides is 3. The third kappa shape index (κ3) is 4.83. The maximum absolute atomic E-state index is 12.8. The quantitative estimate of drug-likeness (QED) is 0.590. The number of hydrogen-bond donors (Lipinski definition) is 2. The zero-order chi connectivity index (χ0) is 20.4. The summed E-state index contributed by atoms with van der Waals surface area (Å²) in [6.45, 7) is 0.746. The molecule has 1 aliphatic carbocycles. The summed E-state index contributed by atoms with van der Waals surface area (Å²) in [5, 5.41) is 8.15. The molecule has 0 saturated heterocycles. The van der Waals surface area contributed by atoms with Crippen LogP contribution in [0.2, 0.25) is 0 Å². The van der Waals surface area contributed by atoms with Crippen molar-refractivity contribution in [1.29, 1.82) is 0 Å². The van der Waals surface area contributed by atoms with Gasteiger partial charge in [-0.15, -0.1) is 11.3 Å². The number of nitrogens with zero attached hydrogens (tertiary/aromatic N) is 1. The monoisotopic (exact) mass is 417 g/mol. The number of nitrogens with one attached hydrogen (secondary N) is 2. The molecule has 0 radical (unpaired) electrons. The van der Waals surface area contributed by atoms with Crippen LogP contribution < -0.4 is 10.6 Å². The van der Waals surface area contributed by atoms with Gasteiger partial charge >= 0.3 is 6.18 Å². The van der Waals surface area contributed by atoms with E-state index >= 15 is 0 Å². The van der Waals surface area contributed by atoms with Crippen molar-refractivity contribution in [3.63, 3.8) is 0 Å². The molecule has 0 aliphatic heterocycles. The van der Waals surface area contributed by atoms with Crippen molar-refractivity contribution in [3.05, 3.63) is 81.8 Å². The molecule has 0 bridgehead atoms. The van der Waals surface area contributed by atoms with Gasteiger partial charge in [0.05, 0.1) is 16.8 Å². The molecule has 1 saturated carbocycles. The lowest BCUT2D eigenvalue weighted by atomic mass is 10.1. The van der Waals surface area contributed by atoms with E-state index in [0.717, 1.165) is 36.4 Å². The number of benzene rings is 2. The first-order valence-corrected chi connectivity index (χ1v) is 10.0. The van der Waals surface area contributed by atoms with Gasteiger partial charge < -0.3 is 10.6 Å². The zero-order valence-electron chi connectivity index (χ0n) is 15.2. The summed E-state index contributed by atoms with van der Waals surface area (Å²) in [5.74, 6) is -0.153. The number of rotatable bonds is 6. The Kier molecular flexibility index (Phi) is 5.38. The number of carbonyl (C=O) groups excluding carboxylic acids is 1. The fourth-order valence-corrected chi connectivity index (χ4v) is 3.76. The Morgan fingerprint density at radius 1 is 1.17 bits per heavy atom. The number of anilines is 1. The molecule has 150 valence electrons. The van der Waals surface area contributed by atoms with Crippen LogP contribution in [0.5, 0.6) is 0 Å². The van der Waals surface area contributed by atoms with Gasteiger partial charge in [0.25, 0.3) is 5.91 Å². The van der Waals surface area contributed by atoms with E-state index in [2.05, 4.69) is 15.6 Å². The number of thiazole rings is 1. The predicted octanol–water partition coefficient (Wildman–Crippen LogP) is 5.06. The normalized spacial score (nSPS) is 18.4. The Bertz CT molecular complexity index is 987. The van der Waals surface area contributed by atoms with Crippen LogP contribution in [0.25, 0.3) is 0 Å². The van der Waals surface area contributed by atoms with E-state index < -0.39 is 17.6 Å². The molecule has 0 spiro atoms. The third-order valence-electron chi connectivity index (χ3n) is 4.87. The first-order valence-electron chi connectivity index (χ1n) is 9.09. The van der Waals surface area contributed by atoms with Crippen molar-refractivity contribution in [2.75, 3.05) is 5.32 Å². The average molecular weight is 417 g/mol. The van der Waals surface area contributed by atoms with Crippen LogP contribution in [0.1, 0.15) is 39.5 Å². The van der Waals surface area contributed by atoms with Gasteiger partial charge in [0.1, 0.15) is 0 Å². The minimum absolute atomic E-state index is 0.0302. The smallest absolute Gasteiger partial charge is 0.322 e. The summed E-state index contributed by atoms with van der Waals surface area (Å²) in [4.78, 5) is 16.5. The van der Waals surface area contributed by atoms with Crippen molar-refractivity contribution in [1.82, 2.24) is 10.3 Å². The molecule has 2 aromatic carbocycles. The minimum Gasteiger partial charge on any atom is -0.322 e. The topological polar surface area (TPSA) is 54.0 Å². The van der Waals surface area contributed by atoms with Gasteiger partial charge in [-0.3, -0.25) is 4.79 Å². The molecule has 1 amide bonds. The van der Waals surface area contributed by atoms with Crippen LogP contribution in [0.3, 0.4) is 0 Å². The largest absolute Gasteiger partial charge is 0.416 e. The summed E-state index contributed by atoms with van der Waals surface area (Å²) >= 11 is 1.57. The van der Waals surface area contributed by atoms with Gasteiger partial charge in [-0.05, 0) is 42.3 Å². The Balaban J connectivity index is 1.33. The van der Waals surface area contributed by atoms with Crippen molar-refractivity contribution < 1.29 is 18.0 Å². The lowest BCUT2D eigenvalue weighted by molar-refractivity contribution is -0.137. The molecule has 29 heavy (non-hydrogen) atoms. The van der Waals surface area contributed by atoms with Gasteiger partial charge in [-0.2, -0.15) is 13.2 Å². The van der Waals surface area contributed by atoms with Crippen LogP contribution in [0.15, 0.2) is 59.4 Å². The van der Waals surface area contributed by atoms with Crippen molar-refractivity contribution >= 4 is 22.9 Å². The molecule has 1 aromatic heterocycles. The predicted molar refractivity (Wildman–Crippen MR) is 106 cm³/mol. The molecular formula is C21H18F3N3OS. The molecule has 1 aliphatic rings. The first-order chi connectivity index (χ1) is 13.9. The second-order valence-corrected chi connectivity index (χ2v) is 7.68. The van der Waals surface area contributed by atoms with E-state index in [-0.39, 0.29) is 5.56 Å². The fourth-order valence-electron chi connectivity index (χ4n) is 3.20. The zero-order valence-corrected chi connectivity index (χ0v) is 16.1. The van der Waals surface area contributed by atoms with Gasteiger partial charge in [-0.1, -0.05) is 18.2 Å². The highest BCUT2D eigenvalue weighted by Gasteiger charge is 2.37. The molecular weight excluding hydrogens is 399 g/mol. The summed E-state index contributed by atoms with van der Waals surface area (Å²) in [6, 6.07) is 12.2. The molecule has 8 heteroatoms. The number of hydrogen-bond acceptors (Lipinski definition) is 4. The van der Waals surface area contributed by atoms with Gasteiger partial charge in [0.15, 0.2) is 0 Å². The lowest BCUT2D eigenvalue weighted by Crippen LogP contribution is -2.17. The highest BCUT2D eigenvalue weighted by molar-refractivity contribution is 7.07. The van der Waals surface area contributed by atoms with Gasteiger partial charge in [-0.25, -0.2) is 4.98 Å². The van der Waals surface area contributed by atoms with E-state index in [9.17, 15) is 18.0 Å². The van der Waals surface area contributed by atoms with Crippen molar-refractivity contribution in [2.45, 2.75) is 31.1 Å². The maximum Gasteiger partial charge on any atom is 0.416 e. The summed E-state index contributed by atoms with van der Waals surface area (Å²) in [7, 11) is 0. The fraction of sp³-hybridized carbons (Fsp3) is 0.238. The lowest BCUT2D eigenvalue weighted by Gasteiger charge is -2.10. The average Bonchev–Trinajstić information content (AvgIpc) is 3.29. The molecule has 0 unspecified atom stereocenters. The first kappa shape index (κ1) is 19.6. The van der Waals surface area contributed by atoms with Gasteiger partial charge in [0, 0.05) is 35.1 Å². The van der Waals surface area contributed by atoms with E-state index in [4.69, 9.17) is 0 Å². The van der Waals surface area contributed by atoms with E-state index in [1.165, 1.54) is 12.1 Å². The second kappa shape index (κ2) is 7.96. The Hall–Kier alpha value is -2.71. The molecule has 1 fully saturated rings. The molecule has 2 atom stereocenters. The maximum atomic E-state index is 12.8. The highest BCUT2D eigenvalue weighted by Crippen LogP contribution is 2.41. The second-order valence-electron chi connectivity index (χ2n) is 6.96. The van der Waals surface area contributed by atoms with Crippen LogP contribution in [-0.4, -0.2) is 16.9 Å². The molecule has 4 nitrogen and oxygen atoms in total. The number of carbonyl (C=O) groups is 1.